The summed E-state index contributed by atoms with van der Waals surface area (Å²) in [6.07, 6.45) is 1.46. The molecule has 0 aliphatic rings. The first-order chi connectivity index (χ1) is 14.5. The van der Waals surface area contributed by atoms with E-state index >= 15 is 0 Å². The van der Waals surface area contributed by atoms with Crippen LogP contribution in [0.2, 0.25) is 5.02 Å². The number of aromatic carboxylic acids is 1. The summed E-state index contributed by atoms with van der Waals surface area (Å²) in [7, 11) is 1.49. The highest BCUT2D eigenvalue weighted by atomic mass is 35.5. The number of nitrogens with zero attached hydrogens (tertiary/aromatic N) is 1. The number of rotatable bonds is 8. The Kier molecular flexibility index (Phi) is 6.87. The van der Waals surface area contributed by atoms with Crippen molar-refractivity contribution in [2.75, 3.05) is 12.5 Å². The molecule has 0 aromatic heterocycles. The maximum Gasteiger partial charge on any atom is 0.337 e. The minimum absolute atomic E-state index is 0.0889. The number of carbonyl (C=O) groups is 1. The topological polar surface area (TPSA) is 80.2 Å². The summed E-state index contributed by atoms with van der Waals surface area (Å²) in [5.74, 6) is -0.770. The molecule has 8 heteroatoms. The van der Waals surface area contributed by atoms with E-state index < -0.39 is 11.8 Å². The van der Waals surface area contributed by atoms with Gasteiger partial charge in [-0.15, -0.1) is 0 Å². The Morgan fingerprint density at radius 3 is 2.67 bits per heavy atom. The van der Waals surface area contributed by atoms with Crippen molar-refractivity contribution >= 4 is 29.5 Å². The van der Waals surface area contributed by atoms with E-state index in [1.165, 1.54) is 31.5 Å². The zero-order valence-corrected chi connectivity index (χ0v) is 16.7. The van der Waals surface area contributed by atoms with Gasteiger partial charge in [-0.2, -0.15) is 5.10 Å². The number of hydrogen-bond donors (Lipinski definition) is 2. The number of hydrogen-bond acceptors (Lipinski definition) is 5. The molecule has 3 rings (SSSR count). The van der Waals surface area contributed by atoms with Gasteiger partial charge in [0.05, 0.1) is 29.6 Å². The van der Waals surface area contributed by atoms with Gasteiger partial charge in [0, 0.05) is 11.1 Å². The number of benzene rings is 3. The number of halogens is 2. The van der Waals surface area contributed by atoms with Crippen molar-refractivity contribution in [2.45, 2.75) is 6.61 Å². The molecule has 0 radical (unpaired) electrons. The molecule has 0 spiro atoms. The Morgan fingerprint density at radius 1 is 1.17 bits per heavy atom. The van der Waals surface area contributed by atoms with E-state index in [-0.39, 0.29) is 22.8 Å². The first-order valence-electron chi connectivity index (χ1n) is 8.85. The third kappa shape index (κ3) is 4.87. The van der Waals surface area contributed by atoms with Crippen LogP contribution < -0.4 is 14.9 Å². The number of hydrazone groups is 1. The normalized spacial score (nSPS) is 10.8. The highest BCUT2D eigenvalue weighted by Gasteiger charge is 2.13. The van der Waals surface area contributed by atoms with Crippen LogP contribution >= 0.6 is 11.6 Å². The quantitative estimate of drug-likeness (QED) is 0.380. The zero-order valence-electron chi connectivity index (χ0n) is 15.9. The molecule has 30 heavy (non-hydrogen) atoms. The average Bonchev–Trinajstić information content (AvgIpc) is 2.74. The molecule has 3 aromatic carbocycles. The van der Waals surface area contributed by atoms with E-state index in [0.717, 1.165) is 0 Å². The lowest BCUT2D eigenvalue weighted by molar-refractivity contribution is 0.0698. The lowest BCUT2D eigenvalue weighted by Gasteiger charge is -2.14. The minimum Gasteiger partial charge on any atom is -0.493 e. The molecule has 2 N–H and O–H groups in total. The standard InChI is InChI=1S/C22H18ClFN2O4/c1-29-20-11-4-6-14(12-25-26-19-10-3-2-7-15(19)22(27)28)21(20)30-13-16-17(23)8-5-9-18(16)24/h2-12,26H,13H2,1H3,(H,27,28). The molecule has 0 aliphatic heterocycles. The summed E-state index contributed by atoms with van der Waals surface area (Å²) in [6.45, 7) is -0.109. The lowest BCUT2D eigenvalue weighted by atomic mass is 10.2. The van der Waals surface area contributed by atoms with E-state index in [9.17, 15) is 14.3 Å². The number of ether oxygens (including phenoxy) is 2. The Labute approximate surface area is 177 Å². The third-order valence-corrected chi connectivity index (χ3v) is 4.55. The van der Waals surface area contributed by atoms with Crippen molar-refractivity contribution < 1.29 is 23.8 Å². The molecule has 0 saturated carbocycles. The minimum atomic E-state index is -1.07. The van der Waals surface area contributed by atoms with Crippen LogP contribution in [0.5, 0.6) is 11.5 Å². The average molecular weight is 429 g/mol. The number of carboxylic acids is 1. The van der Waals surface area contributed by atoms with Crippen LogP contribution in [0.15, 0.2) is 65.8 Å². The van der Waals surface area contributed by atoms with E-state index in [2.05, 4.69) is 10.5 Å². The number of carboxylic acid groups (broad SMARTS) is 1. The van der Waals surface area contributed by atoms with Crippen LogP contribution in [0.3, 0.4) is 0 Å². The summed E-state index contributed by atoms with van der Waals surface area (Å²) in [5, 5.41) is 13.6. The fourth-order valence-electron chi connectivity index (χ4n) is 2.70. The molecular formula is C22H18ClFN2O4. The van der Waals surface area contributed by atoms with Crippen molar-refractivity contribution in [2.24, 2.45) is 5.10 Å². The molecule has 0 atom stereocenters. The van der Waals surface area contributed by atoms with E-state index in [1.54, 1.807) is 42.5 Å². The number of para-hydroxylation sites is 2. The van der Waals surface area contributed by atoms with Gasteiger partial charge < -0.3 is 14.6 Å². The Morgan fingerprint density at radius 2 is 1.93 bits per heavy atom. The van der Waals surface area contributed by atoms with Gasteiger partial charge in [0.25, 0.3) is 0 Å². The van der Waals surface area contributed by atoms with Crippen LogP contribution in [-0.2, 0) is 6.61 Å². The Bertz CT molecular complexity index is 1070. The number of anilines is 1. The number of methoxy groups -OCH3 is 1. The zero-order chi connectivity index (χ0) is 21.5. The highest BCUT2D eigenvalue weighted by Crippen LogP contribution is 2.32. The monoisotopic (exact) mass is 428 g/mol. The smallest absolute Gasteiger partial charge is 0.337 e. The molecule has 0 aliphatic carbocycles. The van der Waals surface area contributed by atoms with E-state index in [1.807, 2.05) is 0 Å². The Balaban J connectivity index is 1.84. The third-order valence-electron chi connectivity index (χ3n) is 4.20. The van der Waals surface area contributed by atoms with Gasteiger partial charge in [-0.3, -0.25) is 5.43 Å². The molecule has 0 unspecified atom stereocenters. The molecule has 3 aromatic rings. The largest absolute Gasteiger partial charge is 0.493 e. The van der Waals surface area contributed by atoms with E-state index in [0.29, 0.717) is 22.7 Å². The fraction of sp³-hybridized carbons (Fsp3) is 0.0909. The molecule has 0 bridgehead atoms. The predicted molar refractivity (Wildman–Crippen MR) is 113 cm³/mol. The van der Waals surface area contributed by atoms with Crippen LogP contribution in [0, 0.1) is 5.82 Å². The van der Waals surface area contributed by atoms with Crippen molar-refractivity contribution in [1.29, 1.82) is 0 Å². The van der Waals surface area contributed by atoms with Gasteiger partial charge in [0.15, 0.2) is 11.5 Å². The maximum absolute atomic E-state index is 14.0. The number of nitrogens with one attached hydrogen (secondary N) is 1. The van der Waals surface area contributed by atoms with Gasteiger partial charge in [-0.1, -0.05) is 35.9 Å². The second kappa shape index (κ2) is 9.76. The van der Waals surface area contributed by atoms with Crippen LogP contribution in [0.1, 0.15) is 21.5 Å². The van der Waals surface area contributed by atoms with Gasteiger partial charge in [0.1, 0.15) is 12.4 Å². The second-order valence-electron chi connectivity index (χ2n) is 6.09. The fourth-order valence-corrected chi connectivity index (χ4v) is 2.92. The molecule has 6 nitrogen and oxygen atoms in total. The van der Waals surface area contributed by atoms with Crippen molar-refractivity contribution in [3.8, 4) is 11.5 Å². The molecule has 0 amide bonds. The van der Waals surface area contributed by atoms with Crippen molar-refractivity contribution in [3.05, 3.63) is 88.2 Å². The molecule has 0 heterocycles. The van der Waals surface area contributed by atoms with Gasteiger partial charge >= 0.3 is 5.97 Å². The summed E-state index contributed by atoms with van der Waals surface area (Å²) >= 11 is 6.07. The van der Waals surface area contributed by atoms with Crippen LogP contribution in [-0.4, -0.2) is 24.4 Å². The predicted octanol–water partition coefficient (Wildman–Crippen LogP) is 5.21. The van der Waals surface area contributed by atoms with Crippen LogP contribution in [0.25, 0.3) is 0 Å². The SMILES string of the molecule is COc1cccc(C=NNc2ccccc2C(=O)O)c1OCc1c(F)cccc1Cl. The summed E-state index contributed by atoms with van der Waals surface area (Å²) in [4.78, 5) is 11.3. The van der Waals surface area contributed by atoms with Gasteiger partial charge in [0.2, 0.25) is 0 Å². The lowest BCUT2D eigenvalue weighted by Crippen LogP contribution is -2.04. The summed E-state index contributed by atoms with van der Waals surface area (Å²) in [5.41, 5.74) is 3.90. The van der Waals surface area contributed by atoms with Gasteiger partial charge in [-0.05, 0) is 36.4 Å². The molecule has 0 fully saturated rings. The Hall–Kier alpha value is -3.58. The van der Waals surface area contributed by atoms with Crippen molar-refractivity contribution in [1.82, 2.24) is 0 Å². The first kappa shape index (κ1) is 21.1. The first-order valence-corrected chi connectivity index (χ1v) is 9.23. The van der Waals surface area contributed by atoms with Crippen LogP contribution in [0.4, 0.5) is 10.1 Å². The van der Waals surface area contributed by atoms with Crippen molar-refractivity contribution in [3.63, 3.8) is 0 Å². The maximum atomic E-state index is 14.0. The highest BCUT2D eigenvalue weighted by molar-refractivity contribution is 6.31. The van der Waals surface area contributed by atoms with Gasteiger partial charge in [-0.25, -0.2) is 9.18 Å². The second-order valence-corrected chi connectivity index (χ2v) is 6.50. The molecule has 154 valence electrons. The molecule has 0 saturated heterocycles. The van der Waals surface area contributed by atoms with E-state index in [4.69, 9.17) is 21.1 Å². The molecular weight excluding hydrogens is 411 g/mol. The summed E-state index contributed by atoms with van der Waals surface area (Å²) in [6, 6.07) is 16.0. The summed E-state index contributed by atoms with van der Waals surface area (Å²) < 4.78 is 25.2.